The van der Waals surface area contributed by atoms with Crippen molar-refractivity contribution in [1.29, 1.82) is 0 Å². The van der Waals surface area contributed by atoms with Crippen molar-refractivity contribution in [1.82, 2.24) is 0 Å². The van der Waals surface area contributed by atoms with E-state index in [1.807, 2.05) is 0 Å². The van der Waals surface area contributed by atoms with Crippen molar-refractivity contribution in [2.45, 2.75) is 58.2 Å². The molecule has 0 saturated carbocycles. The predicted molar refractivity (Wildman–Crippen MR) is 156 cm³/mol. The van der Waals surface area contributed by atoms with Crippen LogP contribution in [0, 0.1) is 0 Å². The zero-order chi connectivity index (χ0) is 22.1. The average Bonchev–Trinajstić information content (AvgIpc) is 3.21. The first-order valence-corrected chi connectivity index (χ1v) is 27.3. The molecule has 2 aromatic carbocycles. The SMILES string of the molecule is C[Si](C)(C)C1=Cc2ccccc2[CH]1[Ti]([CH3])([CH3])(=[SiH2])[CH]1C([Si](C)(C)C)=Cc2ccccc21.Cl.Cl. The predicted octanol–water partition coefficient (Wildman–Crippen LogP) is 8.20. The first kappa shape index (κ1) is 28.1. The number of hydrogen-bond acceptors (Lipinski definition) is 0. The van der Waals surface area contributed by atoms with E-state index in [1.54, 1.807) is 21.5 Å². The molecule has 6 heteroatoms. The Kier molecular flexibility index (Phi) is 7.75. The maximum absolute atomic E-state index is 3.13. The molecule has 2 aliphatic carbocycles. The summed E-state index contributed by atoms with van der Waals surface area (Å²) >= 11 is -3.13. The maximum Gasteiger partial charge on any atom is -0.147 e. The largest absolute Gasteiger partial charge is 0.147 e. The van der Waals surface area contributed by atoms with Gasteiger partial charge in [-0.1, -0.05) is 0 Å². The molecule has 4 rings (SSSR count). The van der Waals surface area contributed by atoms with Crippen LogP contribution < -0.4 is 0 Å². The van der Waals surface area contributed by atoms with E-state index < -0.39 is 30.2 Å². The molecule has 174 valence electrons. The van der Waals surface area contributed by atoms with Crippen molar-refractivity contribution in [2.75, 3.05) is 0 Å². The first-order chi connectivity index (χ1) is 13.7. The smallest absolute Gasteiger partial charge is 0.147 e. The number of hydrogen-bond donors (Lipinski definition) is 0. The van der Waals surface area contributed by atoms with Gasteiger partial charge in [0.1, 0.15) is 0 Å². The number of halogens is 2. The van der Waals surface area contributed by atoms with Gasteiger partial charge >= 0.3 is 189 Å². The fourth-order valence-electron chi connectivity index (χ4n) is 6.16. The van der Waals surface area contributed by atoms with Gasteiger partial charge in [0.25, 0.3) is 0 Å². The van der Waals surface area contributed by atoms with Gasteiger partial charge in [0.15, 0.2) is 0 Å². The van der Waals surface area contributed by atoms with Gasteiger partial charge < -0.3 is 0 Å². The zero-order valence-electron chi connectivity index (χ0n) is 21.0. The molecular weight excluding hydrogens is 515 g/mol. The normalized spacial score (nSPS) is 20.4. The molecule has 0 nitrogen and oxygen atoms in total. The number of fused-ring (bicyclic) bond motifs is 2. The molecule has 0 amide bonds. The van der Waals surface area contributed by atoms with E-state index in [9.17, 15) is 0 Å². The van der Waals surface area contributed by atoms with Gasteiger partial charge in [-0.15, -0.1) is 24.8 Å². The quantitative estimate of drug-likeness (QED) is 0.334. The summed E-state index contributed by atoms with van der Waals surface area (Å²) in [6, 6.07) is 18.6. The van der Waals surface area contributed by atoms with E-state index in [4.69, 9.17) is 0 Å². The Hall–Kier alpha value is -0.135. The Bertz CT molecular complexity index is 1070. The Balaban J connectivity index is 0.00000181. The molecule has 2 aromatic rings. The minimum Gasteiger partial charge on any atom is -0.147 e. The third-order valence-electron chi connectivity index (χ3n) is 7.49. The zero-order valence-corrected chi connectivity index (χ0v) is 27.6. The van der Waals surface area contributed by atoms with Gasteiger partial charge in [0.2, 0.25) is 0 Å². The van der Waals surface area contributed by atoms with Gasteiger partial charge in [-0.25, -0.2) is 0 Å². The van der Waals surface area contributed by atoms with Crippen molar-refractivity contribution in [3.05, 3.63) is 81.2 Å². The van der Waals surface area contributed by atoms with Crippen molar-refractivity contribution in [3.63, 3.8) is 0 Å². The summed E-state index contributed by atoms with van der Waals surface area (Å²) in [5.74, 6) is 0. The van der Waals surface area contributed by atoms with Crippen LogP contribution in [0.4, 0.5) is 0 Å². The molecule has 0 spiro atoms. The average molecular weight is 556 g/mol. The summed E-state index contributed by atoms with van der Waals surface area (Å²) in [7, 11) is -0.418. The number of benzene rings is 2. The number of allylic oxidation sites excluding steroid dienone is 2. The van der Waals surface area contributed by atoms with Gasteiger partial charge in [0, 0.05) is 0 Å². The van der Waals surface area contributed by atoms with Crippen LogP contribution in [0.15, 0.2) is 58.9 Å². The van der Waals surface area contributed by atoms with Crippen LogP contribution in [0.3, 0.4) is 0 Å². The Morgan fingerprint density at radius 2 is 0.938 bits per heavy atom. The second kappa shape index (κ2) is 8.82. The van der Waals surface area contributed by atoms with E-state index in [2.05, 4.69) is 118 Å². The molecule has 0 heterocycles. The molecule has 0 fully saturated rings. The fraction of sp³-hybridized carbons (Fsp3) is 0.385. The van der Waals surface area contributed by atoms with E-state index in [0.29, 0.717) is 8.45 Å². The van der Waals surface area contributed by atoms with E-state index in [0.717, 1.165) is 0 Å². The second-order valence-electron chi connectivity index (χ2n) is 12.8. The topological polar surface area (TPSA) is 0 Å². The van der Waals surface area contributed by atoms with Gasteiger partial charge in [-0.3, -0.25) is 0 Å². The van der Waals surface area contributed by atoms with Crippen LogP contribution in [0.25, 0.3) is 12.2 Å². The minimum atomic E-state index is -3.13. The molecule has 0 saturated heterocycles. The van der Waals surface area contributed by atoms with Crippen LogP contribution in [-0.2, 0) is 14.0 Å². The van der Waals surface area contributed by atoms with Crippen LogP contribution >= 0.6 is 24.8 Å². The van der Waals surface area contributed by atoms with E-state index >= 15 is 0 Å². The Labute approximate surface area is 212 Å². The summed E-state index contributed by atoms with van der Waals surface area (Å²) < 4.78 is 1.30. The first-order valence-electron chi connectivity index (χ1n) is 11.4. The molecule has 0 aliphatic heterocycles. The molecule has 32 heavy (non-hydrogen) atoms. The fourth-order valence-corrected chi connectivity index (χ4v) is 30.6. The monoisotopic (exact) mass is 554 g/mol. The molecule has 2 aliphatic rings. The van der Waals surface area contributed by atoms with Crippen LogP contribution in [0.5, 0.6) is 0 Å². The Morgan fingerprint density at radius 3 is 1.25 bits per heavy atom. The second-order valence-corrected chi connectivity index (χ2v) is 43.1. The Morgan fingerprint density at radius 1 is 0.625 bits per heavy atom. The third-order valence-corrected chi connectivity index (χ3v) is 23.9. The molecule has 2 atom stereocenters. The molecule has 0 N–H and O–H groups in total. The summed E-state index contributed by atoms with van der Waals surface area (Å²) in [5, 5.41) is 9.16. The molecule has 0 aromatic heterocycles. The van der Waals surface area contributed by atoms with E-state index in [-0.39, 0.29) is 24.8 Å². The molecule has 2 unspecified atom stereocenters. The summed E-state index contributed by atoms with van der Waals surface area (Å²) in [5.41, 5.74) is 6.25. The number of rotatable bonds is 4. The minimum absolute atomic E-state index is 0. The van der Waals surface area contributed by atoms with Crippen LogP contribution in [-0.4, -0.2) is 23.8 Å². The van der Waals surface area contributed by atoms with Crippen LogP contribution in [0.1, 0.15) is 30.7 Å². The summed E-state index contributed by atoms with van der Waals surface area (Å²) in [6.45, 7) is 15.3. The summed E-state index contributed by atoms with van der Waals surface area (Å²) in [4.78, 5) is 0. The third kappa shape index (κ3) is 4.56. The van der Waals surface area contributed by atoms with Crippen molar-refractivity contribution < 1.29 is 14.0 Å². The van der Waals surface area contributed by atoms with Crippen molar-refractivity contribution in [3.8, 4) is 0 Å². The van der Waals surface area contributed by atoms with E-state index in [1.165, 1.54) is 11.1 Å². The summed E-state index contributed by atoms with van der Waals surface area (Å²) in [6.07, 6.45) is 5.21. The van der Waals surface area contributed by atoms with Gasteiger partial charge in [0.05, 0.1) is 0 Å². The van der Waals surface area contributed by atoms with Crippen molar-refractivity contribution >= 4 is 60.7 Å². The standard InChI is InChI=1S/2C12H15Si.2CH3.2ClH.H2Si.Ti/c2*1-13(2,3)12-8-10-6-4-5-7-11(10)9-12;;;;;;/h2*4-9H,1-3H3;2*1H3;2*1H;1H2;. The van der Waals surface area contributed by atoms with Gasteiger partial charge in [-0.05, 0) is 0 Å². The van der Waals surface area contributed by atoms with Crippen LogP contribution in [0.2, 0.25) is 49.7 Å². The molecule has 0 bridgehead atoms. The van der Waals surface area contributed by atoms with Gasteiger partial charge in [-0.2, -0.15) is 0 Å². The maximum atomic E-state index is 2.77. The molecular formula is C26H40Cl2Si3Ti. The van der Waals surface area contributed by atoms with Crippen molar-refractivity contribution in [2.24, 2.45) is 0 Å². The molecule has 0 radical (unpaired) electrons.